The molecule has 210 valence electrons. The Morgan fingerprint density at radius 2 is 1.69 bits per heavy atom. The van der Waals surface area contributed by atoms with Gasteiger partial charge in [-0.25, -0.2) is 8.78 Å². The van der Waals surface area contributed by atoms with E-state index >= 15 is 0 Å². The first-order chi connectivity index (χ1) is 20.0. The molecule has 1 aromatic heterocycles. The summed E-state index contributed by atoms with van der Waals surface area (Å²) in [6, 6.07) is 14.5. The smallest absolute Gasteiger partial charge is 0.341 e. The van der Waals surface area contributed by atoms with Crippen molar-refractivity contribution in [3.05, 3.63) is 130 Å². The number of rotatable bonds is 4. The van der Waals surface area contributed by atoms with Crippen LogP contribution in [-0.2, 0) is 6.18 Å². The highest BCUT2D eigenvalue weighted by atomic mass is 35.5. The standard InChI is InChI=1S/C31H17ClF5N3O2/c32-25-6-5-19(33)12-22(25)28-27-23(30(42)40-28)9-16(24-14-38-13-15-3-1-2-4-21(15)24)10-26(27)39-29(41)17-7-18(31(35,36)37)11-20(34)8-17/h1-14,28H,(H,39,41)(H,40,42). The number of nitrogens with one attached hydrogen (secondary N) is 2. The Bertz CT molecular complexity index is 1920. The van der Waals surface area contributed by atoms with Crippen LogP contribution in [0.25, 0.3) is 21.9 Å². The molecular weight excluding hydrogens is 577 g/mol. The third-order valence-corrected chi connectivity index (χ3v) is 7.32. The van der Waals surface area contributed by atoms with Crippen LogP contribution < -0.4 is 10.6 Å². The maximum Gasteiger partial charge on any atom is 0.416 e. The number of benzene rings is 4. The molecule has 1 unspecified atom stereocenters. The molecule has 0 saturated carbocycles. The van der Waals surface area contributed by atoms with Crippen LogP contribution in [-0.4, -0.2) is 16.8 Å². The summed E-state index contributed by atoms with van der Waals surface area (Å²) in [7, 11) is 0. The zero-order chi connectivity index (χ0) is 29.8. The van der Waals surface area contributed by atoms with Gasteiger partial charge in [0.1, 0.15) is 11.6 Å². The SMILES string of the molecule is O=C(Nc1cc(-c2cncc3ccccc23)cc2c1C(c1cc(F)ccc1Cl)NC2=O)c1cc(F)cc(C(F)(F)F)c1. The molecule has 6 rings (SSSR count). The van der Waals surface area contributed by atoms with Crippen LogP contribution in [0.2, 0.25) is 5.02 Å². The molecule has 2 amide bonds. The van der Waals surface area contributed by atoms with Crippen LogP contribution in [0.1, 0.15) is 43.4 Å². The van der Waals surface area contributed by atoms with Gasteiger partial charge in [-0.1, -0.05) is 35.9 Å². The summed E-state index contributed by atoms with van der Waals surface area (Å²) in [6.45, 7) is 0. The molecule has 5 nitrogen and oxygen atoms in total. The van der Waals surface area contributed by atoms with Gasteiger partial charge in [-0.15, -0.1) is 0 Å². The predicted molar refractivity (Wildman–Crippen MR) is 147 cm³/mol. The zero-order valence-corrected chi connectivity index (χ0v) is 21.9. The number of halogens is 6. The third kappa shape index (κ3) is 4.94. The first-order valence-corrected chi connectivity index (χ1v) is 12.8. The van der Waals surface area contributed by atoms with Gasteiger partial charge in [-0.05, 0) is 59.5 Å². The minimum Gasteiger partial charge on any atom is -0.341 e. The van der Waals surface area contributed by atoms with E-state index in [1.165, 1.54) is 12.1 Å². The van der Waals surface area contributed by atoms with Gasteiger partial charge in [0, 0.05) is 56.3 Å². The number of nitrogens with zero attached hydrogens (tertiary/aromatic N) is 1. The van der Waals surface area contributed by atoms with Crippen LogP contribution in [0.3, 0.4) is 0 Å². The number of anilines is 1. The van der Waals surface area contributed by atoms with Crippen LogP contribution in [0.4, 0.5) is 27.6 Å². The molecule has 2 heterocycles. The normalized spacial score (nSPS) is 14.5. The molecule has 1 aliphatic heterocycles. The molecule has 1 atom stereocenters. The molecule has 2 N–H and O–H groups in total. The molecule has 0 radical (unpaired) electrons. The highest BCUT2D eigenvalue weighted by Crippen LogP contribution is 2.43. The van der Waals surface area contributed by atoms with Crippen molar-refractivity contribution in [3.8, 4) is 11.1 Å². The van der Waals surface area contributed by atoms with Gasteiger partial charge in [-0.3, -0.25) is 14.6 Å². The van der Waals surface area contributed by atoms with Crippen molar-refractivity contribution in [1.82, 2.24) is 10.3 Å². The highest BCUT2D eigenvalue weighted by molar-refractivity contribution is 6.31. The molecule has 1 aliphatic rings. The summed E-state index contributed by atoms with van der Waals surface area (Å²) >= 11 is 6.35. The summed E-state index contributed by atoms with van der Waals surface area (Å²) in [5, 5.41) is 7.02. The Balaban J connectivity index is 1.54. The fraction of sp³-hybridized carbons (Fsp3) is 0.0645. The molecule has 0 fully saturated rings. The number of aromatic nitrogens is 1. The average molecular weight is 594 g/mol. The Labute approximate surface area is 240 Å². The lowest BCUT2D eigenvalue weighted by Crippen LogP contribution is -2.21. The maximum absolute atomic E-state index is 14.2. The Morgan fingerprint density at radius 1 is 0.905 bits per heavy atom. The van der Waals surface area contributed by atoms with Crippen molar-refractivity contribution in [1.29, 1.82) is 0 Å². The van der Waals surface area contributed by atoms with Crippen molar-refractivity contribution in [2.75, 3.05) is 5.32 Å². The Kier molecular flexibility index (Phi) is 6.65. The van der Waals surface area contributed by atoms with Gasteiger partial charge in [0.25, 0.3) is 11.8 Å². The number of hydrogen-bond donors (Lipinski definition) is 2. The number of fused-ring (bicyclic) bond motifs is 2. The lowest BCUT2D eigenvalue weighted by atomic mass is 9.91. The van der Waals surface area contributed by atoms with E-state index in [0.29, 0.717) is 23.3 Å². The summed E-state index contributed by atoms with van der Waals surface area (Å²) in [5.74, 6) is -3.48. The molecule has 11 heteroatoms. The van der Waals surface area contributed by atoms with E-state index in [1.807, 2.05) is 24.3 Å². The van der Waals surface area contributed by atoms with Gasteiger partial charge in [0.2, 0.25) is 0 Å². The molecule has 0 bridgehead atoms. The number of pyridine rings is 1. The van der Waals surface area contributed by atoms with E-state index in [0.717, 1.165) is 22.9 Å². The van der Waals surface area contributed by atoms with Gasteiger partial charge in [0.05, 0.1) is 11.6 Å². The fourth-order valence-electron chi connectivity index (χ4n) is 5.09. The molecule has 0 aliphatic carbocycles. The van der Waals surface area contributed by atoms with Crippen LogP contribution in [0.15, 0.2) is 85.2 Å². The third-order valence-electron chi connectivity index (χ3n) is 6.97. The summed E-state index contributed by atoms with van der Waals surface area (Å²) in [6.07, 6.45) is -1.66. The van der Waals surface area contributed by atoms with E-state index in [9.17, 15) is 31.5 Å². The molecule has 5 aromatic rings. The van der Waals surface area contributed by atoms with E-state index in [4.69, 9.17) is 11.6 Å². The Morgan fingerprint density at radius 3 is 2.48 bits per heavy atom. The van der Waals surface area contributed by atoms with E-state index < -0.39 is 46.8 Å². The minimum absolute atomic E-state index is 0.0296. The second-order valence-electron chi connectivity index (χ2n) is 9.65. The van der Waals surface area contributed by atoms with Crippen LogP contribution in [0, 0.1) is 11.6 Å². The second kappa shape index (κ2) is 10.2. The summed E-state index contributed by atoms with van der Waals surface area (Å²) in [4.78, 5) is 30.8. The average Bonchev–Trinajstić information content (AvgIpc) is 3.29. The first-order valence-electron chi connectivity index (χ1n) is 12.5. The topological polar surface area (TPSA) is 71.1 Å². The van der Waals surface area contributed by atoms with Gasteiger partial charge in [0.15, 0.2) is 0 Å². The first kappa shape index (κ1) is 27.3. The van der Waals surface area contributed by atoms with Crippen molar-refractivity contribution >= 4 is 39.9 Å². The van der Waals surface area contributed by atoms with Gasteiger partial charge < -0.3 is 10.6 Å². The van der Waals surface area contributed by atoms with Crippen LogP contribution in [0.5, 0.6) is 0 Å². The van der Waals surface area contributed by atoms with E-state index in [1.54, 1.807) is 18.5 Å². The molecule has 4 aromatic carbocycles. The molecule has 0 saturated heterocycles. The van der Waals surface area contributed by atoms with Crippen molar-refractivity contribution in [2.45, 2.75) is 12.2 Å². The molecule has 42 heavy (non-hydrogen) atoms. The van der Waals surface area contributed by atoms with E-state index in [-0.39, 0.29) is 33.5 Å². The van der Waals surface area contributed by atoms with E-state index in [2.05, 4.69) is 15.6 Å². The number of carbonyl (C=O) groups is 2. The predicted octanol–water partition coefficient (Wildman–Crippen LogP) is 7.94. The summed E-state index contributed by atoms with van der Waals surface area (Å²) in [5.41, 5.74) is -0.297. The molecular formula is C31H17ClF5N3O2. The largest absolute Gasteiger partial charge is 0.416 e. The van der Waals surface area contributed by atoms with Crippen molar-refractivity contribution in [3.63, 3.8) is 0 Å². The highest BCUT2D eigenvalue weighted by Gasteiger charge is 2.36. The Hall–Kier alpha value is -4.83. The maximum atomic E-state index is 14.2. The van der Waals surface area contributed by atoms with Crippen molar-refractivity contribution < 1.29 is 31.5 Å². The number of carbonyl (C=O) groups excluding carboxylic acids is 2. The second-order valence-corrected chi connectivity index (χ2v) is 10.1. The van der Waals surface area contributed by atoms with Crippen LogP contribution >= 0.6 is 11.6 Å². The van der Waals surface area contributed by atoms with Gasteiger partial charge in [-0.2, -0.15) is 13.2 Å². The quantitative estimate of drug-likeness (QED) is 0.208. The fourth-order valence-corrected chi connectivity index (χ4v) is 5.31. The zero-order valence-electron chi connectivity index (χ0n) is 21.2. The summed E-state index contributed by atoms with van der Waals surface area (Å²) < 4.78 is 68.4. The minimum atomic E-state index is -4.89. The molecule has 0 spiro atoms. The van der Waals surface area contributed by atoms with Crippen molar-refractivity contribution in [2.24, 2.45) is 0 Å². The number of alkyl halides is 3. The number of amides is 2. The van der Waals surface area contributed by atoms with Gasteiger partial charge >= 0.3 is 6.18 Å². The lowest BCUT2D eigenvalue weighted by molar-refractivity contribution is -0.137. The number of hydrogen-bond acceptors (Lipinski definition) is 3. The lowest BCUT2D eigenvalue weighted by Gasteiger charge is -2.19. The monoisotopic (exact) mass is 593 g/mol.